The Hall–Kier alpha value is -3.37. The summed E-state index contributed by atoms with van der Waals surface area (Å²) in [7, 11) is 0. The van der Waals surface area contributed by atoms with Gasteiger partial charge in [-0.2, -0.15) is 5.10 Å². The second-order valence-electron chi connectivity index (χ2n) is 6.58. The number of aryl methyl sites for hydroxylation is 1. The van der Waals surface area contributed by atoms with Crippen LogP contribution in [0.25, 0.3) is 20.5 Å². The van der Waals surface area contributed by atoms with E-state index in [9.17, 15) is 14.0 Å². The third kappa shape index (κ3) is 5.04. The molecule has 4 aromatic rings. The van der Waals surface area contributed by atoms with Crippen molar-refractivity contribution in [2.45, 2.75) is 13.5 Å². The molecule has 0 aliphatic heterocycles. The van der Waals surface area contributed by atoms with Crippen molar-refractivity contribution in [3.63, 3.8) is 0 Å². The number of rotatable bonds is 6. The SMILES string of the molecule is Cc1nc(-c2cccs2)sc1-c1ccc(=O)n(CCNC(=O)Nc2cccc(F)c2)n1. The quantitative estimate of drug-likeness (QED) is 0.452. The first-order chi connectivity index (χ1) is 15.0. The fraction of sp³-hybridized carbons (Fsp3) is 0.143. The summed E-state index contributed by atoms with van der Waals surface area (Å²) in [6.07, 6.45) is 0. The second-order valence-corrected chi connectivity index (χ2v) is 8.53. The van der Waals surface area contributed by atoms with Crippen LogP contribution in [0, 0.1) is 12.7 Å². The van der Waals surface area contributed by atoms with Crippen molar-refractivity contribution in [2.75, 3.05) is 11.9 Å². The molecule has 0 radical (unpaired) electrons. The van der Waals surface area contributed by atoms with Gasteiger partial charge in [-0.05, 0) is 42.6 Å². The molecule has 0 saturated heterocycles. The lowest BCUT2D eigenvalue weighted by Crippen LogP contribution is -2.34. The van der Waals surface area contributed by atoms with E-state index in [0.29, 0.717) is 11.4 Å². The van der Waals surface area contributed by atoms with E-state index in [1.54, 1.807) is 23.5 Å². The van der Waals surface area contributed by atoms with E-state index in [0.717, 1.165) is 20.5 Å². The molecule has 0 unspecified atom stereocenters. The van der Waals surface area contributed by atoms with E-state index in [1.165, 1.54) is 40.3 Å². The van der Waals surface area contributed by atoms with E-state index in [2.05, 4.69) is 20.7 Å². The molecular weight excluding hydrogens is 437 g/mol. The van der Waals surface area contributed by atoms with Crippen LogP contribution in [-0.4, -0.2) is 27.3 Å². The number of anilines is 1. The molecular formula is C21H18FN5O2S2. The number of carbonyl (C=O) groups is 1. The van der Waals surface area contributed by atoms with Crippen molar-refractivity contribution in [2.24, 2.45) is 0 Å². The highest BCUT2D eigenvalue weighted by Crippen LogP contribution is 2.35. The summed E-state index contributed by atoms with van der Waals surface area (Å²) in [4.78, 5) is 30.8. The molecule has 0 atom stereocenters. The van der Waals surface area contributed by atoms with Crippen molar-refractivity contribution in [3.05, 3.63) is 75.8 Å². The minimum atomic E-state index is -0.492. The summed E-state index contributed by atoms with van der Waals surface area (Å²) < 4.78 is 14.5. The summed E-state index contributed by atoms with van der Waals surface area (Å²) in [5.41, 5.74) is 1.58. The zero-order valence-corrected chi connectivity index (χ0v) is 18.1. The lowest BCUT2D eigenvalue weighted by molar-refractivity contribution is 0.251. The zero-order chi connectivity index (χ0) is 21.8. The average molecular weight is 456 g/mol. The number of carbonyl (C=O) groups excluding carboxylic acids is 1. The third-order valence-electron chi connectivity index (χ3n) is 4.32. The molecule has 10 heteroatoms. The smallest absolute Gasteiger partial charge is 0.319 e. The number of hydrogen-bond acceptors (Lipinski definition) is 6. The van der Waals surface area contributed by atoms with Crippen molar-refractivity contribution in [1.29, 1.82) is 0 Å². The van der Waals surface area contributed by atoms with Crippen LogP contribution in [0.5, 0.6) is 0 Å². The number of aromatic nitrogens is 3. The molecule has 0 fully saturated rings. The number of thiophene rings is 1. The zero-order valence-electron chi connectivity index (χ0n) is 16.5. The van der Waals surface area contributed by atoms with Gasteiger partial charge in [-0.15, -0.1) is 22.7 Å². The molecule has 0 aliphatic rings. The minimum Gasteiger partial charge on any atom is -0.336 e. The fourth-order valence-corrected chi connectivity index (χ4v) is 4.71. The summed E-state index contributed by atoms with van der Waals surface area (Å²) in [6.45, 7) is 2.29. The first kappa shape index (κ1) is 20.9. The molecule has 0 aliphatic carbocycles. The Bertz CT molecular complexity index is 1270. The molecule has 2 N–H and O–H groups in total. The first-order valence-corrected chi connectivity index (χ1v) is 11.1. The van der Waals surface area contributed by atoms with Gasteiger partial charge in [0.1, 0.15) is 16.5 Å². The van der Waals surface area contributed by atoms with Crippen molar-refractivity contribution in [1.82, 2.24) is 20.1 Å². The Morgan fingerprint density at radius 1 is 1.19 bits per heavy atom. The van der Waals surface area contributed by atoms with Gasteiger partial charge in [0, 0.05) is 18.3 Å². The predicted molar refractivity (Wildman–Crippen MR) is 121 cm³/mol. The highest BCUT2D eigenvalue weighted by atomic mass is 32.1. The Morgan fingerprint density at radius 3 is 2.84 bits per heavy atom. The molecule has 1 aromatic carbocycles. The van der Waals surface area contributed by atoms with E-state index in [1.807, 2.05) is 24.4 Å². The largest absolute Gasteiger partial charge is 0.336 e. The van der Waals surface area contributed by atoms with Gasteiger partial charge in [-0.1, -0.05) is 12.1 Å². The lowest BCUT2D eigenvalue weighted by Gasteiger charge is -2.09. The van der Waals surface area contributed by atoms with Crippen LogP contribution in [0.2, 0.25) is 0 Å². The molecule has 158 valence electrons. The van der Waals surface area contributed by atoms with Crippen LogP contribution in [0.3, 0.4) is 0 Å². The summed E-state index contributed by atoms with van der Waals surface area (Å²) >= 11 is 3.15. The van der Waals surface area contributed by atoms with Crippen LogP contribution in [0.4, 0.5) is 14.9 Å². The van der Waals surface area contributed by atoms with Crippen molar-refractivity contribution in [3.8, 4) is 20.5 Å². The number of thiazole rings is 1. The molecule has 2 amide bonds. The maximum absolute atomic E-state index is 13.2. The van der Waals surface area contributed by atoms with Gasteiger partial charge in [0.25, 0.3) is 5.56 Å². The minimum absolute atomic E-state index is 0.180. The Kier molecular flexibility index (Phi) is 6.19. The van der Waals surface area contributed by atoms with Crippen LogP contribution in [-0.2, 0) is 6.54 Å². The van der Waals surface area contributed by atoms with Gasteiger partial charge >= 0.3 is 6.03 Å². The Labute approximate surface area is 185 Å². The van der Waals surface area contributed by atoms with Gasteiger partial charge in [0.05, 0.1) is 22.0 Å². The third-order valence-corrected chi connectivity index (χ3v) is 6.54. The number of hydrogen-bond donors (Lipinski definition) is 2. The van der Waals surface area contributed by atoms with Crippen LogP contribution in [0.1, 0.15) is 5.69 Å². The first-order valence-electron chi connectivity index (χ1n) is 9.40. The van der Waals surface area contributed by atoms with Crippen molar-refractivity contribution < 1.29 is 9.18 Å². The fourth-order valence-electron chi connectivity index (χ4n) is 2.89. The maximum Gasteiger partial charge on any atom is 0.319 e. The maximum atomic E-state index is 13.2. The molecule has 0 spiro atoms. The van der Waals surface area contributed by atoms with E-state index < -0.39 is 11.8 Å². The number of halogens is 1. The number of urea groups is 1. The molecule has 4 rings (SSSR count). The van der Waals surface area contributed by atoms with Gasteiger partial charge in [0.2, 0.25) is 0 Å². The monoisotopic (exact) mass is 455 g/mol. The van der Waals surface area contributed by atoms with Gasteiger partial charge in [-0.25, -0.2) is 18.9 Å². The second kappa shape index (κ2) is 9.19. The Balaban J connectivity index is 1.43. The predicted octanol–water partition coefficient (Wildman–Crippen LogP) is 4.36. The molecule has 3 aromatic heterocycles. The normalized spacial score (nSPS) is 10.8. The molecule has 0 bridgehead atoms. The number of benzene rings is 1. The van der Waals surface area contributed by atoms with E-state index >= 15 is 0 Å². The van der Waals surface area contributed by atoms with Gasteiger partial charge in [0.15, 0.2) is 0 Å². The van der Waals surface area contributed by atoms with Crippen LogP contribution in [0.15, 0.2) is 58.7 Å². The topological polar surface area (TPSA) is 88.9 Å². The van der Waals surface area contributed by atoms with Crippen LogP contribution < -0.4 is 16.2 Å². The number of amides is 2. The summed E-state index contributed by atoms with van der Waals surface area (Å²) in [5, 5.41) is 12.5. The van der Waals surface area contributed by atoms with Crippen LogP contribution >= 0.6 is 22.7 Å². The summed E-state index contributed by atoms with van der Waals surface area (Å²) in [5.74, 6) is -0.439. The lowest BCUT2D eigenvalue weighted by atomic mass is 10.3. The summed E-state index contributed by atoms with van der Waals surface area (Å²) in [6, 6.07) is 12.2. The average Bonchev–Trinajstić information content (AvgIpc) is 3.39. The molecule has 7 nitrogen and oxygen atoms in total. The molecule has 0 saturated carbocycles. The Morgan fingerprint density at radius 2 is 2.06 bits per heavy atom. The molecule has 31 heavy (non-hydrogen) atoms. The van der Waals surface area contributed by atoms with Crippen molar-refractivity contribution >= 4 is 34.4 Å². The van der Waals surface area contributed by atoms with E-state index in [4.69, 9.17) is 0 Å². The highest BCUT2D eigenvalue weighted by molar-refractivity contribution is 7.23. The van der Waals surface area contributed by atoms with Gasteiger partial charge < -0.3 is 10.6 Å². The highest BCUT2D eigenvalue weighted by Gasteiger charge is 2.14. The molecule has 3 heterocycles. The standard InChI is InChI=1S/C21H18FN5O2S2/c1-13-19(31-20(24-13)17-6-3-11-30-17)16-7-8-18(28)27(26-16)10-9-23-21(29)25-15-5-2-4-14(22)12-15/h2-8,11-12H,9-10H2,1H3,(H2,23,25,29). The van der Waals surface area contributed by atoms with E-state index in [-0.39, 0.29) is 18.6 Å². The number of nitrogens with one attached hydrogen (secondary N) is 2. The number of nitrogens with zero attached hydrogens (tertiary/aromatic N) is 3. The van der Waals surface area contributed by atoms with Gasteiger partial charge in [-0.3, -0.25) is 4.79 Å².